The summed E-state index contributed by atoms with van der Waals surface area (Å²) in [6.45, 7) is 14.8. The molecule has 0 spiro atoms. The van der Waals surface area contributed by atoms with Crippen LogP contribution in [0.5, 0.6) is 0 Å². The zero-order valence-electron chi connectivity index (χ0n) is 18.7. The first-order valence-corrected chi connectivity index (χ1v) is 13.2. The van der Waals surface area contributed by atoms with Crippen molar-refractivity contribution in [3.05, 3.63) is 12.2 Å². The van der Waals surface area contributed by atoms with Crippen molar-refractivity contribution in [3.8, 4) is 11.8 Å². The van der Waals surface area contributed by atoms with Gasteiger partial charge in [0.05, 0.1) is 12.5 Å². The lowest BCUT2D eigenvalue weighted by Gasteiger charge is -2.51. The molecule has 2 aliphatic rings. The van der Waals surface area contributed by atoms with Gasteiger partial charge >= 0.3 is 5.97 Å². The number of allylic oxidation sites excluding steroid dienone is 1. The predicted molar refractivity (Wildman–Crippen MR) is 114 cm³/mol. The Morgan fingerprint density at radius 1 is 1.32 bits per heavy atom. The van der Waals surface area contributed by atoms with E-state index in [4.69, 9.17) is 9.16 Å². The fourth-order valence-electron chi connectivity index (χ4n) is 4.52. The average Bonchev–Trinajstić information content (AvgIpc) is 2.60. The summed E-state index contributed by atoms with van der Waals surface area (Å²) in [5, 5.41) is 0.0301. The van der Waals surface area contributed by atoms with Crippen LogP contribution in [0.25, 0.3) is 0 Å². The number of carbonyl (C=O) groups excluding carboxylic acids is 2. The van der Waals surface area contributed by atoms with Gasteiger partial charge in [-0.2, -0.15) is 0 Å². The third kappa shape index (κ3) is 3.86. The second-order valence-corrected chi connectivity index (χ2v) is 14.5. The van der Waals surface area contributed by atoms with E-state index in [0.717, 1.165) is 6.42 Å². The number of rotatable bonds is 4. The number of hydrogen-bond donors (Lipinski definition) is 0. The van der Waals surface area contributed by atoms with Gasteiger partial charge in [-0.1, -0.05) is 45.8 Å². The standard InChI is InChI=1S/C23H36O4Si/c1-9-11-19(27-28(7,8)22(3,4)5)17-14-13-16(2)23(21(25)26-6)15-10-12-18(24)20(17)23/h13-14,16-17,19-20H,10,12,15H2,1-8H3/t16-,17+,19+,20+,23-/m1/s1. The van der Waals surface area contributed by atoms with Crippen molar-refractivity contribution in [2.45, 2.75) is 78.1 Å². The lowest BCUT2D eigenvalue weighted by Crippen LogP contribution is -2.57. The van der Waals surface area contributed by atoms with Crippen molar-refractivity contribution in [1.29, 1.82) is 0 Å². The minimum atomic E-state index is -2.11. The largest absolute Gasteiger partial charge is 0.469 e. The second-order valence-electron chi connectivity index (χ2n) is 9.77. The van der Waals surface area contributed by atoms with Crippen LogP contribution in [0.3, 0.4) is 0 Å². The molecule has 2 rings (SSSR count). The van der Waals surface area contributed by atoms with Gasteiger partial charge < -0.3 is 9.16 Å². The molecule has 5 atom stereocenters. The Balaban J connectivity index is 2.54. The van der Waals surface area contributed by atoms with E-state index < -0.39 is 25.8 Å². The SMILES string of the molecule is CC#C[C@H](O[Si](C)(C)C(C)(C)C)[C@@H]1C=C[C@@H](C)[C@]2(C(=O)OC)CCCC(=O)[C@H]12. The number of fused-ring (bicyclic) bond motifs is 1. The van der Waals surface area contributed by atoms with E-state index in [2.05, 4.69) is 57.9 Å². The van der Waals surface area contributed by atoms with Gasteiger partial charge in [0.15, 0.2) is 8.32 Å². The average molecular weight is 405 g/mol. The minimum Gasteiger partial charge on any atom is -0.469 e. The molecule has 0 aromatic heterocycles. The molecule has 0 heterocycles. The van der Waals surface area contributed by atoms with E-state index in [1.807, 2.05) is 6.92 Å². The molecule has 5 heteroatoms. The summed E-state index contributed by atoms with van der Waals surface area (Å²) in [4.78, 5) is 26.1. The highest BCUT2D eigenvalue weighted by Gasteiger charge is 2.59. The Morgan fingerprint density at radius 3 is 2.50 bits per heavy atom. The van der Waals surface area contributed by atoms with E-state index in [-0.39, 0.29) is 28.6 Å². The summed E-state index contributed by atoms with van der Waals surface area (Å²) >= 11 is 0. The molecule has 156 valence electrons. The number of hydrogen-bond acceptors (Lipinski definition) is 4. The highest BCUT2D eigenvalue weighted by atomic mass is 28.4. The van der Waals surface area contributed by atoms with Gasteiger partial charge in [0.25, 0.3) is 0 Å². The number of esters is 1. The summed E-state index contributed by atoms with van der Waals surface area (Å²) < 4.78 is 11.9. The van der Waals surface area contributed by atoms with E-state index in [0.29, 0.717) is 12.8 Å². The molecule has 0 radical (unpaired) electrons. The maximum Gasteiger partial charge on any atom is 0.313 e. The van der Waals surface area contributed by atoms with Gasteiger partial charge in [0.1, 0.15) is 11.9 Å². The molecule has 1 saturated carbocycles. The van der Waals surface area contributed by atoms with Gasteiger partial charge in [-0.25, -0.2) is 0 Å². The molecule has 28 heavy (non-hydrogen) atoms. The van der Waals surface area contributed by atoms with Crippen molar-refractivity contribution in [2.24, 2.45) is 23.2 Å². The van der Waals surface area contributed by atoms with Gasteiger partial charge in [-0.15, -0.1) is 5.92 Å². The lowest BCUT2D eigenvalue weighted by atomic mass is 9.53. The van der Waals surface area contributed by atoms with E-state index >= 15 is 0 Å². The molecule has 0 unspecified atom stereocenters. The first-order valence-electron chi connectivity index (χ1n) is 10.3. The van der Waals surface area contributed by atoms with Crippen molar-refractivity contribution < 1.29 is 18.8 Å². The van der Waals surface area contributed by atoms with Gasteiger partial charge in [-0.05, 0) is 43.8 Å². The zero-order valence-corrected chi connectivity index (χ0v) is 19.7. The highest BCUT2D eigenvalue weighted by molar-refractivity contribution is 6.74. The molecule has 0 amide bonds. The number of carbonyl (C=O) groups is 2. The molecule has 4 nitrogen and oxygen atoms in total. The molecule has 0 N–H and O–H groups in total. The van der Waals surface area contributed by atoms with E-state index in [1.165, 1.54) is 7.11 Å². The van der Waals surface area contributed by atoms with Crippen molar-refractivity contribution >= 4 is 20.1 Å². The highest BCUT2D eigenvalue weighted by Crippen LogP contribution is 2.54. The van der Waals surface area contributed by atoms with E-state index in [9.17, 15) is 9.59 Å². The third-order valence-electron chi connectivity index (χ3n) is 7.16. The Morgan fingerprint density at radius 2 is 1.96 bits per heavy atom. The number of ether oxygens (including phenoxy) is 1. The minimum absolute atomic E-state index is 0.0301. The fraction of sp³-hybridized carbons (Fsp3) is 0.739. The quantitative estimate of drug-likeness (QED) is 0.294. The molecule has 2 aliphatic carbocycles. The smallest absolute Gasteiger partial charge is 0.313 e. The molecule has 0 aromatic carbocycles. The van der Waals surface area contributed by atoms with Crippen LogP contribution >= 0.6 is 0 Å². The summed E-state index contributed by atoms with van der Waals surface area (Å²) in [5.74, 6) is 5.38. The molecule has 0 aromatic rings. The first-order chi connectivity index (χ1) is 12.9. The molecule has 0 bridgehead atoms. The van der Waals surface area contributed by atoms with Gasteiger partial charge in [0, 0.05) is 18.3 Å². The number of Topliss-reactive ketones (excluding diaryl/α,β-unsaturated/α-hetero) is 1. The van der Waals surface area contributed by atoms with Crippen LogP contribution in [0.1, 0.15) is 53.9 Å². The van der Waals surface area contributed by atoms with Crippen LogP contribution in [-0.2, 0) is 18.8 Å². The Labute approximate surface area is 171 Å². The predicted octanol–water partition coefficient (Wildman–Crippen LogP) is 4.75. The summed E-state index contributed by atoms with van der Waals surface area (Å²) in [6.07, 6.45) is 5.64. The maximum atomic E-state index is 13.1. The summed E-state index contributed by atoms with van der Waals surface area (Å²) in [6, 6.07) is 0. The first kappa shape index (κ1) is 22.9. The third-order valence-corrected chi connectivity index (χ3v) is 11.6. The maximum absolute atomic E-state index is 13.1. The Kier molecular flexibility index (Phi) is 6.67. The Hall–Kier alpha value is -1.38. The van der Waals surface area contributed by atoms with Crippen LogP contribution in [0.4, 0.5) is 0 Å². The van der Waals surface area contributed by atoms with Gasteiger partial charge in [-0.3, -0.25) is 9.59 Å². The molecule has 0 saturated heterocycles. The van der Waals surface area contributed by atoms with Crippen molar-refractivity contribution in [3.63, 3.8) is 0 Å². The summed E-state index contributed by atoms with van der Waals surface area (Å²) in [7, 11) is -0.689. The van der Waals surface area contributed by atoms with E-state index in [1.54, 1.807) is 6.92 Å². The topological polar surface area (TPSA) is 52.6 Å². The zero-order chi connectivity index (χ0) is 21.3. The van der Waals surface area contributed by atoms with Crippen LogP contribution in [-0.4, -0.2) is 33.3 Å². The molecule has 1 fully saturated rings. The van der Waals surface area contributed by atoms with Crippen LogP contribution < -0.4 is 0 Å². The number of methoxy groups -OCH3 is 1. The Bertz CT molecular complexity index is 706. The molecular formula is C23H36O4Si. The molecule has 0 aliphatic heterocycles. The summed E-state index contributed by atoms with van der Waals surface area (Å²) in [5.41, 5.74) is -0.812. The lowest BCUT2D eigenvalue weighted by molar-refractivity contribution is -0.170. The van der Waals surface area contributed by atoms with Gasteiger partial charge in [0.2, 0.25) is 0 Å². The van der Waals surface area contributed by atoms with Crippen molar-refractivity contribution in [2.75, 3.05) is 7.11 Å². The van der Waals surface area contributed by atoms with Crippen molar-refractivity contribution in [1.82, 2.24) is 0 Å². The number of ketones is 1. The van der Waals surface area contributed by atoms with Crippen LogP contribution in [0, 0.1) is 35.0 Å². The fourth-order valence-corrected chi connectivity index (χ4v) is 5.73. The van der Waals surface area contributed by atoms with Crippen LogP contribution in [0.15, 0.2) is 12.2 Å². The van der Waals surface area contributed by atoms with Crippen LogP contribution in [0.2, 0.25) is 18.1 Å². The second kappa shape index (κ2) is 8.16. The monoisotopic (exact) mass is 404 g/mol. The molecular weight excluding hydrogens is 368 g/mol. The normalized spacial score (nSPS) is 31.4.